The summed E-state index contributed by atoms with van der Waals surface area (Å²) < 4.78 is 9.78. The molecule has 0 amide bonds. The summed E-state index contributed by atoms with van der Waals surface area (Å²) in [5, 5.41) is 15.2. The summed E-state index contributed by atoms with van der Waals surface area (Å²) in [6.45, 7) is 0.00619. The van der Waals surface area contributed by atoms with Crippen LogP contribution in [0.4, 0.5) is 0 Å². The van der Waals surface area contributed by atoms with E-state index in [-0.39, 0.29) is 12.7 Å². The molecule has 4 heterocycles. The number of benzene rings is 1. The van der Waals surface area contributed by atoms with Crippen molar-refractivity contribution in [1.82, 2.24) is 19.7 Å². The second-order valence-electron chi connectivity index (χ2n) is 9.49. The Hall–Kier alpha value is -2.45. The number of aliphatic hydroxyl groups excluding tert-OH is 1. The highest BCUT2D eigenvalue weighted by Gasteiger charge is 2.35. The minimum Gasteiger partial charge on any atom is -0.483 e. The van der Waals surface area contributed by atoms with Crippen molar-refractivity contribution in [2.24, 2.45) is 7.05 Å². The monoisotopic (exact) mass is 494 g/mol. The molecule has 34 heavy (non-hydrogen) atoms. The van der Waals surface area contributed by atoms with E-state index in [1.807, 2.05) is 42.2 Å². The molecular formula is C26H27ClN4O2S. The van der Waals surface area contributed by atoms with E-state index < -0.39 is 0 Å². The maximum absolute atomic E-state index is 9.64. The molecule has 2 unspecified atom stereocenters. The van der Waals surface area contributed by atoms with Crippen molar-refractivity contribution in [2.45, 2.75) is 44.4 Å². The summed E-state index contributed by atoms with van der Waals surface area (Å²) in [7, 11) is 6.35. The van der Waals surface area contributed by atoms with E-state index in [0.717, 1.165) is 63.2 Å². The van der Waals surface area contributed by atoms with Gasteiger partial charge in [0.05, 0.1) is 28.2 Å². The molecule has 0 fully saturated rings. The van der Waals surface area contributed by atoms with Gasteiger partial charge < -0.3 is 14.7 Å². The highest BCUT2D eigenvalue weighted by Crippen LogP contribution is 2.48. The minimum absolute atomic E-state index is 0.00619. The molecule has 0 saturated heterocycles. The van der Waals surface area contributed by atoms with E-state index in [9.17, 15) is 5.11 Å². The number of aryl methyl sites for hydroxylation is 2. The SMILES string of the molecule is CN(C)C1CCc2nn(C)c(C3Cc4cc(Cl)cc(-c5ccnc6cc(CO)sc56)c4O3)c2C1. The van der Waals surface area contributed by atoms with Crippen LogP contribution in [0.1, 0.15) is 39.9 Å². The molecule has 0 bridgehead atoms. The van der Waals surface area contributed by atoms with Gasteiger partial charge in [0.15, 0.2) is 0 Å². The van der Waals surface area contributed by atoms with Gasteiger partial charge in [0.1, 0.15) is 11.9 Å². The Balaban J connectivity index is 1.43. The first-order valence-corrected chi connectivity index (χ1v) is 12.8. The van der Waals surface area contributed by atoms with Crippen molar-refractivity contribution >= 4 is 33.2 Å². The van der Waals surface area contributed by atoms with Crippen LogP contribution in [0.5, 0.6) is 5.75 Å². The molecule has 0 saturated carbocycles. The number of aliphatic hydroxyl groups is 1. The lowest BCUT2D eigenvalue weighted by molar-refractivity contribution is 0.223. The molecule has 8 heteroatoms. The smallest absolute Gasteiger partial charge is 0.145 e. The van der Waals surface area contributed by atoms with Crippen LogP contribution in [-0.4, -0.2) is 44.9 Å². The molecule has 0 radical (unpaired) electrons. The highest BCUT2D eigenvalue weighted by atomic mass is 35.5. The number of fused-ring (bicyclic) bond motifs is 3. The van der Waals surface area contributed by atoms with Gasteiger partial charge in [-0.3, -0.25) is 9.67 Å². The Morgan fingerprint density at radius 2 is 2.09 bits per heavy atom. The van der Waals surface area contributed by atoms with Gasteiger partial charge in [-0.15, -0.1) is 11.3 Å². The lowest BCUT2D eigenvalue weighted by Crippen LogP contribution is -2.33. The average Bonchev–Trinajstić information content (AvgIpc) is 3.51. The van der Waals surface area contributed by atoms with E-state index >= 15 is 0 Å². The van der Waals surface area contributed by atoms with Crippen LogP contribution in [0.15, 0.2) is 30.5 Å². The number of aromatic nitrogens is 3. The van der Waals surface area contributed by atoms with Crippen LogP contribution >= 0.6 is 22.9 Å². The van der Waals surface area contributed by atoms with Crippen LogP contribution < -0.4 is 4.74 Å². The van der Waals surface area contributed by atoms with Crippen LogP contribution in [0, 0.1) is 0 Å². The Kier molecular flexibility index (Phi) is 5.41. The van der Waals surface area contributed by atoms with Gasteiger partial charge in [0, 0.05) is 57.9 Å². The first-order chi connectivity index (χ1) is 16.4. The normalized spacial score (nSPS) is 19.5. The molecule has 1 N–H and O–H groups in total. The predicted octanol–water partition coefficient (Wildman–Crippen LogP) is 4.94. The third-order valence-corrected chi connectivity index (χ3v) is 8.53. The largest absolute Gasteiger partial charge is 0.483 e. The van der Waals surface area contributed by atoms with Crippen molar-refractivity contribution in [1.29, 1.82) is 0 Å². The van der Waals surface area contributed by atoms with E-state index in [4.69, 9.17) is 21.4 Å². The van der Waals surface area contributed by atoms with Gasteiger partial charge in [0.2, 0.25) is 0 Å². The topological polar surface area (TPSA) is 63.4 Å². The summed E-state index contributed by atoms with van der Waals surface area (Å²) in [4.78, 5) is 7.71. The number of ether oxygens (including phenoxy) is 1. The maximum atomic E-state index is 9.64. The number of likely N-dealkylation sites (N-methyl/N-ethyl adjacent to an activating group) is 1. The number of hydrogen-bond donors (Lipinski definition) is 1. The lowest BCUT2D eigenvalue weighted by Gasteiger charge is -2.28. The number of rotatable bonds is 4. The number of pyridine rings is 1. The van der Waals surface area contributed by atoms with Gasteiger partial charge >= 0.3 is 0 Å². The van der Waals surface area contributed by atoms with Gasteiger partial charge in [-0.1, -0.05) is 11.6 Å². The predicted molar refractivity (Wildman–Crippen MR) is 136 cm³/mol. The van der Waals surface area contributed by atoms with E-state index in [0.29, 0.717) is 11.1 Å². The first-order valence-electron chi connectivity index (χ1n) is 11.6. The maximum Gasteiger partial charge on any atom is 0.145 e. The fourth-order valence-corrected chi connectivity index (χ4v) is 6.74. The standard InChI is InChI=1S/C26H27ClN4O2S/c1-30(2)16-4-5-21-20(11-16)24(31(3)29-21)23-9-14-8-15(27)10-19(25(14)33-23)18-6-7-28-22-12-17(13-32)34-26(18)22/h6-8,10,12,16,23,32H,4-5,9,11,13H2,1-3H3. The third kappa shape index (κ3) is 3.53. The van der Waals surface area contributed by atoms with Crippen LogP contribution in [0.3, 0.4) is 0 Å². The molecule has 1 aliphatic carbocycles. The second-order valence-corrected chi connectivity index (χ2v) is 11.1. The van der Waals surface area contributed by atoms with Crippen LogP contribution in [-0.2, 0) is 32.9 Å². The molecule has 1 aromatic carbocycles. The van der Waals surface area contributed by atoms with E-state index in [1.54, 1.807) is 11.3 Å². The zero-order valence-electron chi connectivity index (χ0n) is 19.5. The summed E-state index contributed by atoms with van der Waals surface area (Å²) in [5.41, 5.74) is 7.74. The molecule has 6 nitrogen and oxygen atoms in total. The zero-order chi connectivity index (χ0) is 23.6. The molecule has 2 aliphatic rings. The molecule has 176 valence electrons. The molecule has 1 aliphatic heterocycles. The fourth-order valence-electron chi connectivity index (χ4n) is 5.50. The summed E-state index contributed by atoms with van der Waals surface area (Å²) in [6.07, 6.45) is 5.62. The van der Waals surface area contributed by atoms with Crippen molar-refractivity contribution in [2.75, 3.05) is 14.1 Å². The Bertz CT molecular complexity index is 1410. The Morgan fingerprint density at radius 3 is 2.88 bits per heavy atom. The second kappa shape index (κ2) is 8.34. The zero-order valence-corrected chi connectivity index (χ0v) is 21.1. The Morgan fingerprint density at radius 1 is 1.24 bits per heavy atom. The van der Waals surface area contributed by atoms with Crippen molar-refractivity contribution in [3.8, 4) is 16.9 Å². The third-order valence-electron chi connectivity index (χ3n) is 7.17. The van der Waals surface area contributed by atoms with Crippen molar-refractivity contribution in [3.05, 3.63) is 62.9 Å². The number of nitrogens with zero attached hydrogens (tertiary/aromatic N) is 4. The summed E-state index contributed by atoms with van der Waals surface area (Å²) >= 11 is 8.17. The quantitative estimate of drug-likeness (QED) is 0.435. The molecule has 3 aromatic heterocycles. The van der Waals surface area contributed by atoms with Crippen molar-refractivity contribution < 1.29 is 9.84 Å². The molecule has 2 atom stereocenters. The highest BCUT2D eigenvalue weighted by molar-refractivity contribution is 7.19. The van der Waals surface area contributed by atoms with Gasteiger partial charge in [-0.25, -0.2) is 0 Å². The lowest BCUT2D eigenvalue weighted by atomic mass is 9.89. The van der Waals surface area contributed by atoms with E-state index in [1.165, 1.54) is 17.0 Å². The summed E-state index contributed by atoms with van der Waals surface area (Å²) in [5.74, 6) is 0.885. The van der Waals surface area contributed by atoms with Gasteiger partial charge in [-0.05, 0) is 57.6 Å². The first kappa shape index (κ1) is 22.0. The van der Waals surface area contributed by atoms with Crippen LogP contribution in [0.25, 0.3) is 21.3 Å². The fraction of sp³-hybridized carbons (Fsp3) is 0.385. The van der Waals surface area contributed by atoms with Gasteiger partial charge in [-0.2, -0.15) is 5.10 Å². The average molecular weight is 495 g/mol. The molecular weight excluding hydrogens is 468 g/mol. The Labute approximate surface area is 207 Å². The summed E-state index contributed by atoms with van der Waals surface area (Å²) in [6, 6.07) is 8.49. The number of halogens is 1. The van der Waals surface area contributed by atoms with Crippen molar-refractivity contribution in [3.63, 3.8) is 0 Å². The van der Waals surface area contributed by atoms with E-state index in [2.05, 4.69) is 24.0 Å². The number of thiophene rings is 1. The molecule has 0 spiro atoms. The van der Waals surface area contributed by atoms with Gasteiger partial charge in [0.25, 0.3) is 0 Å². The number of hydrogen-bond acceptors (Lipinski definition) is 6. The molecule has 4 aromatic rings. The van der Waals surface area contributed by atoms with Crippen LogP contribution in [0.2, 0.25) is 5.02 Å². The minimum atomic E-state index is -0.0944. The molecule has 6 rings (SSSR count).